The molecule has 0 unspecified atom stereocenters. The number of thioether (sulfide) groups is 1. The third kappa shape index (κ3) is 3.53. The summed E-state index contributed by atoms with van der Waals surface area (Å²) < 4.78 is 9.13. The highest BCUT2D eigenvalue weighted by atomic mass is 32.2. The Balaban J connectivity index is 1.80. The molecule has 0 bridgehead atoms. The average Bonchev–Trinajstić information content (AvgIpc) is 3.23. The second kappa shape index (κ2) is 7.86. The van der Waals surface area contributed by atoms with Crippen molar-refractivity contribution in [2.45, 2.75) is 37.7 Å². The van der Waals surface area contributed by atoms with Crippen molar-refractivity contribution >= 4 is 11.8 Å². The lowest BCUT2D eigenvalue weighted by Crippen LogP contribution is -2.06. The highest BCUT2D eigenvalue weighted by Gasteiger charge is 2.15. The number of rotatable bonds is 8. The monoisotopic (exact) mass is 346 g/mol. The van der Waals surface area contributed by atoms with Gasteiger partial charge in [0.15, 0.2) is 5.82 Å². The summed E-state index contributed by atoms with van der Waals surface area (Å²) in [5.41, 5.74) is 0.806. The summed E-state index contributed by atoms with van der Waals surface area (Å²) in [7, 11) is 0. The number of aryl methyl sites for hydroxylation is 1. The van der Waals surface area contributed by atoms with Crippen molar-refractivity contribution in [3.8, 4) is 11.4 Å². The van der Waals surface area contributed by atoms with Crippen LogP contribution in [0.25, 0.3) is 5.69 Å². The Morgan fingerprint density at radius 1 is 1.08 bits per heavy atom. The lowest BCUT2D eigenvalue weighted by atomic mass is 10.3. The van der Waals surface area contributed by atoms with Gasteiger partial charge < -0.3 is 4.74 Å². The van der Waals surface area contributed by atoms with E-state index in [0.717, 1.165) is 30.2 Å². The van der Waals surface area contributed by atoms with Gasteiger partial charge in [-0.15, -0.1) is 10.2 Å². The molecule has 0 atom stereocenters. The van der Waals surface area contributed by atoms with Gasteiger partial charge in [-0.3, -0.25) is 0 Å². The number of hydrogen-bond donors (Lipinski definition) is 0. The molecule has 0 aliphatic rings. The zero-order valence-corrected chi connectivity index (χ0v) is 14.3. The number of nitrogens with zero attached hydrogens (tertiary/aromatic N) is 8. The summed E-state index contributed by atoms with van der Waals surface area (Å²) >= 11 is 1.48. The van der Waals surface area contributed by atoms with Crippen LogP contribution >= 0.6 is 11.8 Å². The molecule has 0 fully saturated rings. The molecule has 24 heavy (non-hydrogen) atoms. The topological polar surface area (TPSA) is 96.4 Å². The predicted octanol–water partition coefficient (Wildman–Crippen LogP) is 1.75. The van der Waals surface area contributed by atoms with E-state index in [2.05, 4.69) is 38.0 Å². The van der Waals surface area contributed by atoms with E-state index in [1.165, 1.54) is 11.8 Å². The second-order valence-corrected chi connectivity index (χ2v) is 5.82. The Hall–Kier alpha value is -2.49. The van der Waals surface area contributed by atoms with Crippen LogP contribution in [0.4, 0.5) is 0 Å². The quantitative estimate of drug-likeness (QED) is 0.569. The fourth-order valence-electron chi connectivity index (χ4n) is 2.17. The summed E-state index contributed by atoms with van der Waals surface area (Å²) in [5, 5.41) is 24.4. The number of tetrazole rings is 2. The molecule has 9 nitrogen and oxygen atoms in total. The first-order valence-corrected chi connectivity index (χ1v) is 8.70. The molecule has 0 spiro atoms. The van der Waals surface area contributed by atoms with Gasteiger partial charge in [0.25, 0.3) is 0 Å². The molecule has 126 valence electrons. The van der Waals surface area contributed by atoms with Gasteiger partial charge in [-0.2, -0.15) is 4.68 Å². The zero-order chi connectivity index (χ0) is 16.8. The highest BCUT2D eigenvalue weighted by molar-refractivity contribution is 7.98. The van der Waals surface area contributed by atoms with Crippen molar-refractivity contribution in [2.75, 3.05) is 6.61 Å². The van der Waals surface area contributed by atoms with E-state index >= 15 is 0 Å². The average molecular weight is 346 g/mol. The predicted molar refractivity (Wildman–Crippen MR) is 88.0 cm³/mol. The van der Waals surface area contributed by atoms with E-state index in [4.69, 9.17) is 4.74 Å². The van der Waals surface area contributed by atoms with Crippen LogP contribution in [0.2, 0.25) is 0 Å². The highest BCUT2D eigenvalue weighted by Crippen LogP contribution is 2.27. The molecule has 2 heterocycles. The molecule has 10 heteroatoms. The van der Waals surface area contributed by atoms with Gasteiger partial charge in [0.05, 0.1) is 12.4 Å². The molecule has 3 aromatic rings. The first-order valence-electron chi connectivity index (χ1n) is 7.71. The van der Waals surface area contributed by atoms with Gasteiger partial charge in [-0.1, -0.05) is 30.8 Å². The van der Waals surface area contributed by atoms with Crippen LogP contribution in [-0.4, -0.2) is 47.0 Å². The SMILES string of the molecule is CCCn1nnnc1CSc1nnnn1-c1ccccc1OCC. The van der Waals surface area contributed by atoms with Crippen LogP contribution in [-0.2, 0) is 12.3 Å². The Morgan fingerprint density at radius 3 is 2.75 bits per heavy atom. The maximum absolute atomic E-state index is 5.66. The lowest BCUT2D eigenvalue weighted by molar-refractivity contribution is 0.337. The summed E-state index contributed by atoms with van der Waals surface area (Å²) in [5.74, 6) is 2.13. The largest absolute Gasteiger partial charge is 0.492 e. The third-order valence-electron chi connectivity index (χ3n) is 3.21. The minimum Gasteiger partial charge on any atom is -0.492 e. The maximum Gasteiger partial charge on any atom is 0.214 e. The summed E-state index contributed by atoms with van der Waals surface area (Å²) in [6, 6.07) is 7.67. The molecule has 0 amide bonds. The normalized spacial score (nSPS) is 10.9. The number of ether oxygens (including phenoxy) is 1. The van der Waals surface area contributed by atoms with Crippen LogP contribution < -0.4 is 4.74 Å². The number of benzene rings is 1. The zero-order valence-electron chi connectivity index (χ0n) is 13.5. The van der Waals surface area contributed by atoms with E-state index in [1.807, 2.05) is 31.2 Å². The molecule has 0 aliphatic heterocycles. The van der Waals surface area contributed by atoms with E-state index in [-0.39, 0.29) is 0 Å². The maximum atomic E-state index is 5.66. The minimum absolute atomic E-state index is 0.577. The van der Waals surface area contributed by atoms with Crippen molar-refractivity contribution in [3.63, 3.8) is 0 Å². The van der Waals surface area contributed by atoms with Gasteiger partial charge in [0.1, 0.15) is 11.4 Å². The molecule has 0 N–H and O–H groups in total. The molecular formula is C14H18N8OS. The van der Waals surface area contributed by atoms with Crippen molar-refractivity contribution in [1.29, 1.82) is 0 Å². The fourth-order valence-corrected chi connectivity index (χ4v) is 2.99. The lowest BCUT2D eigenvalue weighted by Gasteiger charge is -2.10. The third-order valence-corrected chi connectivity index (χ3v) is 4.12. The molecule has 1 aromatic carbocycles. The molecular weight excluding hydrogens is 328 g/mol. The summed E-state index contributed by atoms with van der Waals surface area (Å²) in [6.45, 7) is 5.40. The Labute approximate surface area is 143 Å². The first kappa shape index (κ1) is 16.4. The number of aromatic nitrogens is 8. The van der Waals surface area contributed by atoms with Crippen molar-refractivity contribution in [2.24, 2.45) is 0 Å². The smallest absolute Gasteiger partial charge is 0.214 e. The van der Waals surface area contributed by atoms with E-state index in [0.29, 0.717) is 17.5 Å². The number of para-hydroxylation sites is 2. The molecule has 0 radical (unpaired) electrons. The summed E-state index contributed by atoms with van der Waals surface area (Å²) in [4.78, 5) is 0. The first-order chi connectivity index (χ1) is 11.8. The molecule has 2 aromatic heterocycles. The van der Waals surface area contributed by atoms with Gasteiger partial charge in [0.2, 0.25) is 5.16 Å². The van der Waals surface area contributed by atoms with Crippen molar-refractivity contribution < 1.29 is 4.74 Å². The molecule has 0 saturated heterocycles. The van der Waals surface area contributed by atoms with Gasteiger partial charge in [-0.25, -0.2) is 4.68 Å². The Morgan fingerprint density at radius 2 is 1.92 bits per heavy atom. The van der Waals surface area contributed by atoms with Crippen LogP contribution in [0.5, 0.6) is 5.75 Å². The summed E-state index contributed by atoms with van der Waals surface area (Å²) in [6.07, 6.45) is 0.974. The van der Waals surface area contributed by atoms with Gasteiger partial charge in [-0.05, 0) is 46.3 Å². The molecule has 3 rings (SSSR count). The van der Waals surface area contributed by atoms with Crippen LogP contribution in [0, 0.1) is 0 Å². The van der Waals surface area contributed by atoms with Crippen molar-refractivity contribution in [3.05, 3.63) is 30.1 Å². The van der Waals surface area contributed by atoms with Crippen LogP contribution in [0.1, 0.15) is 26.1 Å². The Bertz CT molecular complexity index is 786. The van der Waals surface area contributed by atoms with Gasteiger partial charge in [0, 0.05) is 6.54 Å². The fraction of sp³-hybridized carbons (Fsp3) is 0.429. The molecule has 0 aliphatic carbocycles. The minimum atomic E-state index is 0.577. The van der Waals surface area contributed by atoms with E-state index < -0.39 is 0 Å². The van der Waals surface area contributed by atoms with Crippen LogP contribution in [0.3, 0.4) is 0 Å². The van der Waals surface area contributed by atoms with Gasteiger partial charge >= 0.3 is 0 Å². The second-order valence-electron chi connectivity index (χ2n) is 4.88. The Kier molecular flexibility index (Phi) is 5.36. The number of hydrogen-bond acceptors (Lipinski definition) is 8. The standard InChI is InChI=1S/C14H18N8OS/c1-3-9-21-13(15-17-19-21)10-24-14-16-18-20-22(14)11-7-5-6-8-12(11)23-4-2/h5-8H,3-4,9-10H2,1-2H3. The van der Waals surface area contributed by atoms with Crippen LogP contribution in [0.15, 0.2) is 29.4 Å². The molecule has 0 saturated carbocycles. The van der Waals surface area contributed by atoms with E-state index in [9.17, 15) is 0 Å². The van der Waals surface area contributed by atoms with E-state index in [1.54, 1.807) is 9.36 Å². The van der Waals surface area contributed by atoms with Crippen molar-refractivity contribution in [1.82, 2.24) is 40.4 Å².